The highest BCUT2D eigenvalue weighted by Gasteiger charge is 2.51. The number of nitrogens with one attached hydrogen (secondary N) is 2. The Morgan fingerprint density at radius 3 is 2.41 bits per heavy atom. The second kappa shape index (κ2) is 8.18. The van der Waals surface area contributed by atoms with Crippen LogP contribution in [0.2, 0.25) is 0 Å². The summed E-state index contributed by atoms with van der Waals surface area (Å²) in [4.78, 5) is 0. The van der Waals surface area contributed by atoms with Crippen LogP contribution < -0.4 is 10.0 Å². The summed E-state index contributed by atoms with van der Waals surface area (Å²) in [5, 5.41) is 2.70. The van der Waals surface area contributed by atoms with Crippen molar-refractivity contribution in [2.45, 2.75) is 24.4 Å². The maximum Gasteiger partial charge on any atom is 0.277 e. The maximum absolute atomic E-state index is 14.0. The number of benzene rings is 2. The van der Waals surface area contributed by atoms with Gasteiger partial charge in [0.25, 0.3) is 5.92 Å². The first-order valence-corrected chi connectivity index (χ1v) is 9.97. The fourth-order valence-electron chi connectivity index (χ4n) is 3.18. The third kappa shape index (κ3) is 5.44. The summed E-state index contributed by atoms with van der Waals surface area (Å²) in [6.07, 6.45) is 1.08. The SMILES string of the molecule is CS(=O)(=O)N[C@@H]1[C@H](Cc2cccc(-c3cccc(F)c3)c2)NCC1(F)F.Cl. The van der Waals surface area contributed by atoms with Crippen molar-refractivity contribution in [3.05, 3.63) is 59.9 Å². The van der Waals surface area contributed by atoms with Crippen LogP contribution in [0.15, 0.2) is 48.5 Å². The lowest BCUT2D eigenvalue weighted by Gasteiger charge is -2.24. The molecule has 148 valence electrons. The van der Waals surface area contributed by atoms with E-state index in [0.29, 0.717) is 5.56 Å². The van der Waals surface area contributed by atoms with Gasteiger partial charge in [-0.3, -0.25) is 0 Å². The molecule has 0 aliphatic carbocycles. The van der Waals surface area contributed by atoms with Gasteiger partial charge >= 0.3 is 0 Å². The lowest BCUT2D eigenvalue weighted by Crippen LogP contribution is -2.51. The maximum atomic E-state index is 14.0. The van der Waals surface area contributed by atoms with Gasteiger partial charge in [0, 0.05) is 6.04 Å². The predicted molar refractivity (Wildman–Crippen MR) is 101 cm³/mol. The molecule has 2 atom stereocenters. The Morgan fingerprint density at radius 2 is 1.78 bits per heavy atom. The molecule has 1 heterocycles. The van der Waals surface area contributed by atoms with Crippen molar-refractivity contribution in [2.75, 3.05) is 12.8 Å². The summed E-state index contributed by atoms with van der Waals surface area (Å²) in [5.74, 6) is -3.53. The van der Waals surface area contributed by atoms with Crippen LogP contribution in [-0.4, -0.2) is 39.2 Å². The van der Waals surface area contributed by atoms with Gasteiger partial charge in [0.1, 0.15) is 11.9 Å². The largest absolute Gasteiger partial charge is 0.306 e. The number of sulfonamides is 1. The molecular formula is C18H20ClF3N2O2S. The zero-order chi connectivity index (χ0) is 18.9. The Balaban J connectivity index is 0.00000261. The molecule has 27 heavy (non-hydrogen) atoms. The van der Waals surface area contributed by atoms with Crippen LogP contribution >= 0.6 is 12.4 Å². The number of halogens is 4. The zero-order valence-electron chi connectivity index (χ0n) is 14.5. The van der Waals surface area contributed by atoms with E-state index in [2.05, 4.69) is 5.32 Å². The van der Waals surface area contributed by atoms with E-state index in [1.165, 1.54) is 12.1 Å². The van der Waals surface area contributed by atoms with E-state index in [0.717, 1.165) is 17.4 Å². The van der Waals surface area contributed by atoms with Crippen molar-refractivity contribution in [1.29, 1.82) is 0 Å². The third-order valence-corrected chi connectivity index (χ3v) is 5.02. The molecule has 0 saturated carbocycles. The average Bonchev–Trinajstić information content (AvgIpc) is 2.81. The summed E-state index contributed by atoms with van der Waals surface area (Å²) in [6, 6.07) is 11.0. The molecule has 4 nitrogen and oxygen atoms in total. The van der Waals surface area contributed by atoms with Gasteiger partial charge in [-0.05, 0) is 35.2 Å². The van der Waals surface area contributed by atoms with Crippen molar-refractivity contribution >= 4 is 22.4 Å². The predicted octanol–water partition coefficient (Wildman–Crippen LogP) is 2.98. The Bertz CT molecular complexity index is 909. The number of hydrogen-bond donors (Lipinski definition) is 2. The molecule has 1 saturated heterocycles. The molecule has 3 rings (SSSR count). The van der Waals surface area contributed by atoms with E-state index in [-0.39, 0.29) is 24.6 Å². The highest BCUT2D eigenvalue weighted by Crippen LogP contribution is 2.29. The van der Waals surface area contributed by atoms with E-state index in [4.69, 9.17) is 0 Å². The van der Waals surface area contributed by atoms with Crippen molar-refractivity contribution in [3.8, 4) is 11.1 Å². The number of rotatable bonds is 5. The van der Waals surface area contributed by atoms with Crippen LogP contribution in [0.25, 0.3) is 11.1 Å². The van der Waals surface area contributed by atoms with Crippen LogP contribution in [-0.2, 0) is 16.4 Å². The molecular weight excluding hydrogens is 401 g/mol. The molecule has 2 aromatic rings. The lowest BCUT2D eigenvalue weighted by atomic mass is 9.96. The first-order chi connectivity index (χ1) is 12.1. The smallest absolute Gasteiger partial charge is 0.277 e. The first-order valence-electron chi connectivity index (χ1n) is 8.07. The molecule has 0 aromatic heterocycles. The Labute approximate surface area is 162 Å². The number of hydrogen-bond acceptors (Lipinski definition) is 3. The Hall–Kier alpha value is -1.61. The van der Waals surface area contributed by atoms with Gasteiger partial charge in [0.05, 0.1) is 12.8 Å². The molecule has 2 aromatic carbocycles. The molecule has 0 amide bonds. The van der Waals surface area contributed by atoms with Crippen molar-refractivity contribution < 1.29 is 21.6 Å². The zero-order valence-corrected chi connectivity index (χ0v) is 16.1. The number of alkyl halides is 2. The fourth-order valence-corrected chi connectivity index (χ4v) is 3.98. The molecule has 1 fully saturated rings. The second-order valence-corrected chi connectivity index (χ2v) is 8.31. The van der Waals surface area contributed by atoms with E-state index in [1.807, 2.05) is 4.72 Å². The van der Waals surface area contributed by atoms with Crippen LogP contribution in [0, 0.1) is 5.82 Å². The second-order valence-electron chi connectivity index (χ2n) is 6.53. The van der Waals surface area contributed by atoms with Gasteiger partial charge in [0.2, 0.25) is 10.0 Å². The molecule has 0 bridgehead atoms. The minimum atomic E-state index is -3.77. The summed E-state index contributed by atoms with van der Waals surface area (Å²) in [6.45, 7) is -0.589. The molecule has 1 aliphatic rings. The Kier molecular flexibility index (Phi) is 6.57. The van der Waals surface area contributed by atoms with Crippen LogP contribution in [0.3, 0.4) is 0 Å². The Morgan fingerprint density at radius 1 is 1.15 bits per heavy atom. The fraction of sp³-hybridized carbons (Fsp3) is 0.333. The highest BCUT2D eigenvalue weighted by molar-refractivity contribution is 7.88. The van der Waals surface area contributed by atoms with Gasteiger partial charge in [-0.15, -0.1) is 12.4 Å². The van der Waals surface area contributed by atoms with Crippen LogP contribution in [0.4, 0.5) is 13.2 Å². The first kappa shape index (κ1) is 21.7. The average molecular weight is 421 g/mol. The lowest BCUT2D eigenvalue weighted by molar-refractivity contribution is -0.000808. The standard InChI is InChI=1S/C18H19F3N2O2S.ClH/c1-26(24,25)23-17-16(22-11-18(17,20)21)9-12-4-2-5-13(8-12)14-6-3-7-15(19)10-14;/h2-8,10,16-17,22-23H,9,11H2,1H3;1H/t16-,17+;/m0./s1. The summed E-state index contributed by atoms with van der Waals surface area (Å²) in [7, 11) is -3.77. The molecule has 9 heteroatoms. The van der Waals surface area contributed by atoms with Crippen LogP contribution in [0.1, 0.15) is 5.56 Å². The molecule has 0 radical (unpaired) electrons. The molecule has 0 unspecified atom stereocenters. The normalized spacial score (nSPS) is 21.6. The quantitative estimate of drug-likeness (QED) is 0.781. The van der Waals surface area contributed by atoms with Crippen LogP contribution in [0.5, 0.6) is 0 Å². The van der Waals surface area contributed by atoms with Gasteiger partial charge in [0.15, 0.2) is 0 Å². The monoisotopic (exact) mass is 420 g/mol. The third-order valence-electron chi connectivity index (χ3n) is 4.34. The van der Waals surface area contributed by atoms with Crippen molar-refractivity contribution in [2.24, 2.45) is 0 Å². The van der Waals surface area contributed by atoms with E-state index in [1.54, 1.807) is 36.4 Å². The minimum absolute atomic E-state index is 0. The van der Waals surface area contributed by atoms with Gasteiger partial charge in [-0.2, -0.15) is 0 Å². The summed E-state index contributed by atoms with van der Waals surface area (Å²) in [5.41, 5.74) is 2.20. The van der Waals surface area contributed by atoms with E-state index < -0.39 is 34.6 Å². The van der Waals surface area contributed by atoms with Crippen molar-refractivity contribution in [3.63, 3.8) is 0 Å². The molecule has 1 aliphatic heterocycles. The minimum Gasteiger partial charge on any atom is -0.306 e. The summed E-state index contributed by atoms with van der Waals surface area (Å²) < 4.78 is 66.4. The topological polar surface area (TPSA) is 58.2 Å². The van der Waals surface area contributed by atoms with E-state index >= 15 is 0 Å². The van der Waals surface area contributed by atoms with Gasteiger partial charge in [-0.1, -0.05) is 36.4 Å². The molecule has 0 spiro atoms. The van der Waals surface area contributed by atoms with Gasteiger partial charge in [-0.25, -0.2) is 26.3 Å². The highest BCUT2D eigenvalue weighted by atomic mass is 35.5. The van der Waals surface area contributed by atoms with Gasteiger partial charge < -0.3 is 5.32 Å². The van der Waals surface area contributed by atoms with Crippen molar-refractivity contribution in [1.82, 2.24) is 10.0 Å². The molecule has 2 N–H and O–H groups in total. The summed E-state index contributed by atoms with van der Waals surface area (Å²) >= 11 is 0. The van der Waals surface area contributed by atoms with E-state index in [9.17, 15) is 21.6 Å².